The quantitative estimate of drug-likeness (QED) is 0.721. The minimum Gasteiger partial charge on any atom is -0.395 e. The number of hydrogen-bond donors (Lipinski definition) is 2. The molecule has 0 heterocycles. The summed E-state index contributed by atoms with van der Waals surface area (Å²) in [6.45, 7) is 5.36. The molecule has 0 amide bonds. The van der Waals surface area contributed by atoms with Crippen LogP contribution in [0.25, 0.3) is 0 Å². The second kappa shape index (κ2) is 7.62. The smallest absolute Gasteiger partial charge is 0.0637 e. The van der Waals surface area contributed by atoms with Crippen molar-refractivity contribution in [1.82, 2.24) is 5.32 Å². The lowest BCUT2D eigenvalue weighted by atomic mass is 10.1. The molecular formula is C16H26N2O2. The number of benzene rings is 1. The van der Waals surface area contributed by atoms with Gasteiger partial charge in [-0.05, 0) is 37.0 Å². The van der Waals surface area contributed by atoms with E-state index >= 15 is 0 Å². The van der Waals surface area contributed by atoms with E-state index in [0.717, 1.165) is 19.1 Å². The van der Waals surface area contributed by atoms with E-state index in [0.29, 0.717) is 13.2 Å². The molecule has 0 unspecified atom stereocenters. The normalized spacial score (nSPS) is 14.6. The summed E-state index contributed by atoms with van der Waals surface area (Å²) in [7, 11) is 1.70. The van der Waals surface area contributed by atoms with Gasteiger partial charge in [0, 0.05) is 38.5 Å². The van der Waals surface area contributed by atoms with Crippen LogP contribution in [0, 0.1) is 6.92 Å². The van der Waals surface area contributed by atoms with Gasteiger partial charge in [-0.25, -0.2) is 0 Å². The van der Waals surface area contributed by atoms with E-state index in [1.807, 2.05) is 0 Å². The molecule has 112 valence electrons. The molecule has 0 atom stereocenters. The Kier molecular flexibility index (Phi) is 5.83. The number of hydrogen-bond acceptors (Lipinski definition) is 4. The van der Waals surface area contributed by atoms with E-state index in [1.165, 1.54) is 29.7 Å². The summed E-state index contributed by atoms with van der Waals surface area (Å²) in [6.07, 6.45) is 2.64. The van der Waals surface area contributed by atoms with Crippen molar-refractivity contribution in [3.63, 3.8) is 0 Å². The fraction of sp³-hybridized carbons (Fsp3) is 0.625. The van der Waals surface area contributed by atoms with Gasteiger partial charge in [-0.2, -0.15) is 0 Å². The molecule has 2 rings (SSSR count). The molecule has 1 saturated carbocycles. The van der Waals surface area contributed by atoms with Gasteiger partial charge in [-0.1, -0.05) is 12.1 Å². The van der Waals surface area contributed by atoms with E-state index in [9.17, 15) is 5.11 Å². The molecule has 1 aromatic rings. The van der Waals surface area contributed by atoms with Crippen molar-refractivity contribution in [1.29, 1.82) is 0 Å². The third-order valence-corrected chi connectivity index (χ3v) is 3.71. The second-order valence-electron chi connectivity index (χ2n) is 5.48. The largest absolute Gasteiger partial charge is 0.395 e. The third-order valence-electron chi connectivity index (χ3n) is 3.71. The summed E-state index contributed by atoms with van der Waals surface area (Å²) in [4.78, 5) is 2.18. The van der Waals surface area contributed by atoms with E-state index < -0.39 is 0 Å². The fourth-order valence-electron chi connectivity index (χ4n) is 2.41. The Balaban J connectivity index is 2.00. The number of nitrogens with zero attached hydrogens (tertiary/aromatic N) is 1. The van der Waals surface area contributed by atoms with Gasteiger partial charge in [-0.15, -0.1) is 0 Å². The predicted molar refractivity (Wildman–Crippen MR) is 82.2 cm³/mol. The molecule has 1 aliphatic carbocycles. The molecule has 0 spiro atoms. The van der Waals surface area contributed by atoms with Crippen molar-refractivity contribution in [2.24, 2.45) is 0 Å². The SMILES string of the molecule is COCCN(CCO)c1ccc(CNC2CC2)cc1C. The van der Waals surface area contributed by atoms with Crippen LogP contribution in [-0.4, -0.2) is 44.6 Å². The van der Waals surface area contributed by atoms with Gasteiger partial charge >= 0.3 is 0 Å². The summed E-state index contributed by atoms with van der Waals surface area (Å²) in [5.74, 6) is 0. The number of aryl methyl sites for hydroxylation is 1. The van der Waals surface area contributed by atoms with Crippen molar-refractivity contribution in [3.05, 3.63) is 29.3 Å². The van der Waals surface area contributed by atoms with E-state index in [2.05, 4.69) is 35.3 Å². The number of aliphatic hydroxyl groups excluding tert-OH is 1. The Bertz CT molecular complexity index is 419. The molecule has 4 nitrogen and oxygen atoms in total. The zero-order valence-electron chi connectivity index (χ0n) is 12.6. The molecule has 4 heteroatoms. The maximum absolute atomic E-state index is 9.20. The lowest BCUT2D eigenvalue weighted by Crippen LogP contribution is -2.30. The fourth-order valence-corrected chi connectivity index (χ4v) is 2.41. The van der Waals surface area contributed by atoms with Crippen LogP contribution in [0.1, 0.15) is 24.0 Å². The first-order chi connectivity index (χ1) is 9.74. The topological polar surface area (TPSA) is 44.7 Å². The number of rotatable bonds is 9. The molecule has 1 fully saturated rings. The van der Waals surface area contributed by atoms with E-state index in [1.54, 1.807) is 7.11 Å². The van der Waals surface area contributed by atoms with Crippen molar-refractivity contribution in [2.75, 3.05) is 38.3 Å². The minimum atomic E-state index is 0.161. The molecular weight excluding hydrogens is 252 g/mol. The van der Waals surface area contributed by atoms with Gasteiger partial charge in [0.25, 0.3) is 0 Å². The Morgan fingerprint density at radius 2 is 2.15 bits per heavy atom. The lowest BCUT2D eigenvalue weighted by molar-refractivity contribution is 0.203. The highest BCUT2D eigenvalue weighted by Crippen LogP contribution is 2.23. The maximum Gasteiger partial charge on any atom is 0.0637 e. The van der Waals surface area contributed by atoms with Crippen LogP contribution in [0.5, 0.6) is 0 Å². The van der Waals surface area contributed by atoms with Crippen LogP contribution in [-0.2, 0) is 11.3 Å². The van der Waals surface area contributed by atoms with Crippen LogP contribution in [0.15, 0.2) is 18.2 Å². The molecule has 0 aromatic heterocycles. The van der Waals surface area contributed by atoms with Gasteiger partial charge in [0.1, 0.15) is 0 Å². The van der Waals surface area contributed by atoms with Crippen LogP contribution < -0.4 is 10.2 Å². The molecule has 1 aliphatic rings. The summed E-state index contributed by atoms with van der Waals surface area (Å²) in [6, 6.07) is 7.31. The summed E-state index contributed by atoms with van der Waals surface area (Å²) in [5.41, 5.74) is 3.77. The highest BCUT2D eigenvalue weighted by Gasteiger charge is 2.20. The predicted octanol–water partition coefficient (Wildman–Crippen LogP) is 1.69. The maximum atomic E-state index is 9.20. The first-order valence-electron chi connectivity index (χ1n) is 7.42. The van der Waals surface area contributed by atoms with Crippen molar-refractivity contribution in [3.8, 4) is 0 Å². The van der Waals surface area contributed by atoms with Gasteiger partial charge < -0.3 is 20.1 Å². The van der Waals surface area contributed by atoms with E-state index in [4.69, 9.17) is 4.74 Å². The summed E-state index contributed by atoms with van der Waals surface area (Å²) < 4.78 is 5.14. The number of nitrogens with one attached hydrogen (secondary N) is 1. The highest BCUT2D eigenvalue weighted by atomic mass is 16.5. The van der Waals surface area contributed by atoms with Gasteiger partial charge in [-0.3, -0.25) is 0 Å². The first kappa shape index (κ1) is 15.3. The molecule has 20 heavy (non-hydrogen) atoms. The van der Waals surface area contributed by atoms with Crippen molar-refractivity contribution < 1.29 is 9.84 Å². The van der Waals surface area contributed by atoms with Crippen LogP contribution in [0.4, 0.5) is 5.69 Å². The van der Waals surface area contributed by atoms with Crippen LogP contribution in [0.2, 0.25) is 0 Å². The first-order valence-corrected chi connectivity index (χ1v) is 7.42. The zero-order valence-corrected chi connectivity index (χ0v) is 12.6. The standard InChI is InChI=1S/C16H26N2O2/c1-13-11-14(12-17-15-4-5-15)3-6-16(13)18(7-9-19)8-10-20-2/h3,6,11,15,17,19H,4-5,7-10,12H2,1-2H3. The monoisotopic (exact) mass is 278 g/mol. The number of aliphatic hydroxyl groups is 1. The molecule has 1 aromatic carbocycles. The van der Waals surface area contributed by atoms with Gasteiger partial charge in [0.15, 0.2) is 0 Å². The molecule has 0 bridgehead atoms. The lowest BCUT2D eigenvalue weighted by Gasteiger charge is -2.25. The zero-order chi connectivity index (χ0) is 14.4. The Labute approximate surface area is 121 Å². The van der Waals surface area contributed by atoms with Gasteiger partial charge in [0.05, 0.1) is 13.2 Å². The van der Waals surface area contributed by atoms with Crippen molar-refractivity contribution in [2.45, 2.75) is 32.4 Å². The highest BCUT2D eigenvalue weighted by molar-refractivity contribution is 5.54. The third kappa shape index (κ3) is 4.47. The van der Waals surface area contributed by atoms with E-state index in [-0.39, 0.29) is 6.61 Å². The Morgan fingerprint density at radius 1 is 1.35 bits per heavy atom. The number of methoxy groups -OCH3 is 1. The summed E-state index contributed by atoms with van der Waals surface area (Å²) >= 11 is 0. The van der Waals surface area contributed by atoms with Crippen LogP contribution in [0.3, 0.4) is 0 Å². The minimum absolute atomic E-state index is 0.161. The van der Waals surface area contributed by atoms with Crippen molar-refractivity contribution >= 4 is 5.69 Å². The molecule has 0 saturated heterocycles. The molecule has 2 N–H and O–H groups in total. The number of anilines is 1. The van der Waals surface area contributed by atoms with Crippen LogP contribution >= 0.6 is 0 Å². The average Bonchev–Trinajstić information content (AvgIpc) is 3.26. The molecule has 0 aliphatic heterocycles. The Morgan fingerprint density at radius 3 is 2.75 bits per heavy atom. The average molecular weight is 278 g/mol. The molecule has 0 radical (unpaired) electrons. The second-order valence-corrected chi connectivity index (χ2v) is 5.48. The summed E-state index contributed by atoms with van der Waals surface area (Å²) in [5, 5.41) is 12.7. The Hall–Kier alpha value is -1.10. The number of ether oxygens (including phenoxy) is 1. The van der Waals surface area contributed by atoms with Gasteiger partial charge in [0.2, 0.25) is 0 Å².